The number of hydrogen-bond acceptors (Lipinski definition) is 2. The zero-order valence-electron chi connectivity index (χ0n) is 8.52. The van der Waals surface area contributed by atoms with Crippen LogP contribution in [0.5, 0.6) is 0 Å². The highest BCUT2D eigenvalue weighted by Crippen LogP contribution is 2.21. The van der Waals surface area contributed by atoms with Crippen LogP contribution in [0.1, 0.15) is 5.56 Å². The molecule has 0 spiro atoms. The Morgan fingerprint density at radius 3 is 2.62 bits per heavy atom. The van der Waals surface area contributed by atoms with Gasteiger partial charge in [0.15, 0.2) is 0 Å². The molecule has 0 radical (unpaired) electrons. The Bertz CT molecular complexity index is 526. The third kappa shape index (κ3) is 2.06. The first-order valence-electron chi connectivity index (χ1n) is 4.88. The molecule has 2 aromatic rings. The van der Waals surface area contributed by atoms with E-state index in [0.717, 1.165) is 16.8 Å². The standard InChI is InChI=1S/C13H9FN2/c14-12-5-3-11(4-6-12)13-10(7-8-15)2-1-9-16-13/h1-6,9H,7H2. The van der Waals surface area contributed by atoms with E-state index in [1.807, 2.05) is 6.07 Å². The largest absolute Gasteiger partial charge is 0.256 e. The van der Waals surface area contributed by atoms with E-state index in [1.165, 1.54) is 12.1 Å². The van der Waals surface area contributed by atoms with E-state index >= 15 is 0 Å². The fourth-order valence-corrected chi connectivity index (χ4v) is 1.53. The molecular formula is C13H9FN2. The molecule has 3 heteroatoms. The smallest absolute Gasteiger partial charge is 0.123 e. The summed E-state index contributed by atoms with van der Waals surface area (Å²) in [4.78, 5) is 4.22. The Balaban J connectivity index is 2.47. The van der Waals surface area contributed by atoms with E-state index < -0.39 is 0 Å². The zero-order valence-corrected chi connectivity index (χ0v) is 8.52. The first-order chi connectivity index (χ1) is 7.81. The van der Waals surface area contributed by atoms with Crippen LogP contribution < -0.4 is 0 Å². The van der Waals surface area contributed by atoms with Gasteiger partial charge in [-0.3, -0.25) is 4.98 Å². The Labute approximate surface area is 93.0 Å². The van der Waals surface area contributed by atoms with E-state index in [0.29, 0.717) is 6.42 Å². The van der Waals surface area contributed by atoms with Gasteiger partial charge in [0.2, 0.25) is 0 Å². The third-order valence-corrected chi connectivity index (χ3v) is 2.28. The number of halogens is 1. The van der Waals surface area contributed by atoms with Crippen LogP contribution in [0.2, 0.25) is 0 Å². The first kappa shape index (κ1) is 10.3. The molecular weight excluding hydrogens is 203 g/mol. The number of pyridine rings is 1. The van der Waals surface area contributed by atoms with Crippen molar-refractivity contribution in [1.29, 1.82) is 5.26 Å². The SMILES string of the molecule is N#CCc1cccnc1-c1ccc(F)cc1. The fourth-order valence-electron chi connectivity index (χ4n) is 1.53. The van der Waals surface area contributed by atoms with Crippen LogP contribution in [-0.2, 0) is 6.42 Å². The lowest BCUT2D eigenvalue weighted by Crippen LogP contribution is -1.91. The summed E-state index contributed by atoms with van der Waals surface area (Å²) in [6.45, 7) is 0. The Hall–Kier alpha value is -2.21. The van der Waals surface area contributed by atoms with Gasteiger partial charge in [-0.2, -0.15) is 5.26 Å². The van der Waals surface area contributed by atoms with Gasteiger partial charge in [-0.15, -0.1) is 0 Å². The van der Waals surface area contributed by atoms with Gasteiger partial charge in [0.1, 0.15) is 5.82 Å². The van der Waals surface area contributed by atoms with Crippen molar-refractivity contribution in [2.24, 2.45) is 0 Å². The maximum absolute atomic E-state index is 12.8. The highest BCUT2D eigenvalue weighted by atomic mass is 19.1. The van der Waals surface area contributed by atoms with Crippen molar-refractivity contribution in [2.75, 3.05) is 0 Å². The highest BCUT2D eigenvalue weighted by molar-refractivity contribution is 5.63. The Morgan fingerprint density at radius 2 is 1.94 bits per heavy atom. The van der Waals surface area contributed by atoms with Crippen molar-refractivity contribution in [3.8, 4) is 17.3 Å². The summed E-state index contributed by atoms with van der Waals surface area (Å²) in [6, 6.07) is 11.8. The summed E-state index contributed by atoms with van der Waals surface area (Å²) in [5.74, 6) is -0.276. The molecule has 0 fully saturated rings. The quantitative estimate of drug-likeness (QED) is 0.767. The summed E-state index contributed by atoms with van der Waals surface area (Å²) in [5, 5.41) is 8.70. The predicted octanol–water partition coefficient (Wildman–Crippen LogP) is 2.95. The lowest BCUT2D eigenvalue weighted by molar-refractivity contribution is 0.628. The number of hydrogen-bond donors (Lipinski definition) is 0. The maximum atomic E-state index is 12.8. The van der Waals surface area contributed by atoms with Gasteiger partial charge in [-0.25, -0.2) is 4.39 Å². The summed E-state index contributed by atoms with van der Waals surface area (Å²) in [6.07, 6.45) is 1.97. The van der Waals surface area contributed by atoms with Crippen LogP contribution in [0.3, 0.4) is 0 Å². The normalized spacial score (nSPS) is 9.75. The second-order valence-electron chi connectivity index (χ2n) is 3.35. The predicted molar refractivity (Wildman–Crippen MR) is 58.9 cm³/mol. The average Bonchev–Trinajstić information content (AvgIpc) is 2.32. The molecule has 0 aliphatic carbocycles. The number of rotatable bonds is 2. The van der Waals surface area contributed by atoms with Gasteiger partial charge >= 0.3 is 0 Å². The number of aromatic nitrogens is 1. The Morgan fingerprint density at radius 1 is 1.19 bits per heavy atom. The van der Waals surface area contributed by atoms with E-state index in [4.69, 9.17) is 5.26 Å². The van der Waals surface area contributed by atoms with Crippen LogP contribution in [0.15, 0.2) is 42.6 Å². The molecule has 1 aromatic heterocycles. The van der Waals surface area contributed by atoms with Crippen molar-refractivity contribution < 1.29 is 4.39 Å². The summed E-state index contributed by atoms with van der Waals surface area (Å²) in [7, 11) is 0. The Kier molecular flexibility index (Phi) is 2.93. The highest BCUT2D eigenvalue weighted by Gasteiger charge is 2.05. The topological polar surface area (TPSA) is 36.7 Å². The van der Waals surface area contributed by atoms with E-state index in [9.17, 15) is 4.39 Å². The van der Waals surface area contributed by atoms with Gasteiger partial charge in [-0.05, 0) is 35.9 Å². The minimum atomic E-state index is -0.276. The van der Waals surface area contributed by atoms with Crippen molar-refractivity contribution >= 4 is 0 Å². The molecule has 78 valence electrons. The average molecular weight is 212 g/mol. The second kappa shape index (κ2) is 4.54. The molecule has 1 heterocycles. The van der Waals surface area contributed by atoms with Crippen LogP contribution >= 0.6 is 0 Å². The molecule has 0 amide bonds. The number of nitriles is 1. The first-order valence-corrected chi connectivity index (χ1v) is 4.88. The lowest BCUT2D eigenvalue weighted by Gasteiger charge is -2.05. The molecule has 0 N–H and O–H groups in total. The molecule has 0 aliphatic rings. The van der Waals surface area contributed by atoms with Crippen molar-refractivity contribution in [2.45, 2.75) is 6.42 Å². The molecule has 16 heavy (non-hydrogen) atoms. The zero-order chi connectivity index (χ0) is 11.4. The van der Waals surface area contributed by atoms with Crippen LogP contribution in [0.4, 0.5) is 4.39 Å². The van der Waals surface area contributed by atoms with Gasteiger partial charge < -0.3 is 0 Å². The number of nitrogens with zero attached hydrogens (tertiary/aromatic N) is 2. The summed E-state index contributed by atoms with van der Waals surface area (Å²) < 4.78 is 12.8. The van der Waals surface area contributed by atoms with Crippen molar-refractivity contribution in [3.05, 3.63) is 54.0 Å². The summed E-state index contributed by atoms with van der Waals surface area (Å²) >= 11 is 0. The molecule has 2 nitrogen and oxygen atoms in total. The molecule has 2 rings (SSSR count). The minimum absolute atomic E-state index is 0.276. The monoisotopic (exact) mass is 212 g/mol. The van der Waals surface area contributed by atoms with Crippen molar-refractivity contribution in [3.63, 3.8) is 0 Å². The van der Waals surface area contributed by atoms with Gasteiger partial charge in [0.25, 0.3) is 0 Å². The molecule has 0 saturated carbocycles. The van der Waals surface area contributed by atoms with Crippen LogP contribution in [-0.4, -0.2) is 4.98 Å². The second-order valence-corrected chi connectivity index (χ2v) is 3.35. The third-order valence-electron chi connectivity index (χ3n) is 2.28. The van der Waals surface area contributed by atoms with E-state index in [-0.39, 0.29) is 5.82 Å². The fraction of sp³-hybridized carbons (Fsp3) is 0.0769. The van der Waals surface area contributed by atoms with E-state index in [2.05, 4.69) is 11.1 Å². The van der Waals surface area contributed by atoms with E-state index in [1.54, 1.807) is 24.4 Å². The van der Waals surface area contributed by atoms with Crippen LogP contribution in [0, 0.1) is 17.1 Å². The molecule has 0 aliphatic heterocycles. The van der Waals surface area contributed by atoms with Crippen molar-refractivity contribution in [1.82, 2.24) is 4.98 Å². The lowest BCUT2D eigenvalue weighted by atomic mass is 10.0. The van der Waals surface area contributed by atoms with Gasteiger partial charge in [-0.1, -0.05) is 6.07 Å². The molecule has 0 unspecified atom stereocenters. The summed E-state index contributed by atoms with van der Waals surface area (Å²) in [5.41, 5.74) is 2.42. The molecule has 1 aromatic carbocycles. The molecule has 0 saturated heterocycles. The molecule has 0 bridgehead atoms. The minimum Gasteiger partial charge on any atom is -0.256 e. The number of benzene rings is 1. The van der Waals surface area contributed by atoms with Gasteiger partial charge in [0, 0.05) is 11.8 Å². The van der Waals surface area contributed by atoms with Crippen LogP contribution in [0.25, 0.3) is 11.3 Å². The van der Waals surface area contributed by atoms with Gasteiger partial charge in [0.05, 0.1) is 18.2 Å². The molecule has 0 atom stereocenters. The maximum Gasteiger partial charge on any atom is 0.123 e.